The highest BCUT2D eigenvalue weighted by atomic mass is 19.1. The van der Waals surface area contributed by atoms with Gasteiger partial charge in [-0.3, -0.25) is 5.10 Å². The van der Waals surface area contributed by atoms with Crippen LogP contribution in [0.2, 0.25) is 0 Å². The molecule has 5 N–H and O–H groups in total. The Balaban J connectivity index is 1.45. The van der Waals surface area contributed by atoms with E-state index in [1.165, 1.54) is 0 Å². The van der Waals surface area contributed by atoms with Crippen molar-refractivity contribution in [2.75, 3.05) is 28.6 Å². The van der Waals surface area contributed by atoms with E-state index >= 15 is 4.39 Å². The first kappa shape index (κ1) is 23.3. The van der Waals surface area contributed by atoms with E-state index in [0.717, 1.165) is 31.4 Å². The van der Waals surface area contributed by atoms with Crippen molar-refractivity contribution in [1.82, 2.24) is 20.2 Å². The molecule has 3 fully saturated rings. The maximum Gasteiger partial charge on any atom is 0.227 e. The summed E-state index contributed by atoms with van der Waals surface area (Å²) < 4.78 is 15.6. The van der Waals surface area contributed by atoms with E-state index in [2.05, 4.69) is 37.7 Å². The molecule has 1 aliphatic heterocycles. The van der Waals surface area contributed by atoms with Gasteiger partial charge >= 0.3 is 0 Å². The summed E-state index contributed by atoms with van der Waals surface area (Å²) in [4.78, 5) is 11.0. The Labute approximate surface area is 199 Å². The van der Waals surface area contributed by atoms with Gasteiger partial charge in [-0.25, -0.2) is 0 Å². The van der Waals surface area contributed by atoms with Crippen molar-refractivity contribution >= 4 is 23.4 Å². The van der Waals surface area contributed by atoms with Gasteiger partial charge in [0, 0.05) is 30.9 Å². The number of aryl methyl sites for hydroxylation is 1. The van der Waals surface area contributed by atoms with Crippen LogP contribution in [0.1, 0.15) is 58.1 Å². The minimum atomic E-state index is -0.651. The fraction of sp³-hybridized carbons (Fsp3) is 0.708. The number of aliphatic hydroxyl groups is 2. The van der Waals surface area contributed by atoms with Gasteiger partial charge in [-0.2, -0.15) is 19.5 Å². The Morgan fingerprint density at radius 2 is 1.97 bits per heavy atom. The number of hydrogen-bond acceptors (Lipinski definition) is 8. The molecule has 2 aromatic rings. The number of H-pyrrole nitrogens is 1. The second kappa shape index (κ2) is 8.96. The average Bonchev–Trinajstić information content (AvgIpc) is 3.17. The largest absolute Gasteiger partial charge is 0.393 e. The lowest BCUT2D eigenvalue weighted by atomic mass is 9.61. The van der Waals surface area contributed by atoms with Crippen molar-refractivity contribution in [3.8, 4) is 0 Å². The number of aliphatic hydroxyl groups excluding tert-OH is 1. The standard InChI is InChI=1S/C24H36FN7O2/c1-13-8-15-10-16(12-24(3,34)11-15)20(13)27-23-28-21(26-18-9-14(2)30-31-18)19(25)22(29-23)32-6-4-17(33)5-7-32/h9,13,15-17,20,33-34H,4-8,10-12H2,1-3H3,(H3,26,27,28,29,30,31). The quantitative estimate of drug-likeness (QED) is 0.448. The molecule has 5 unspecified atom stereocenters. The summed E-state index contributed by atoms with van der Waals surface area (Å²) >= 11 is 0. The van der Waals surface area contributed by atoms with Crippen LogP contribution in [0.5, 0.6) is 0 Å². The number of fused-ring (bicyclic) bond motifs is 2. The molecule has 0 aromatic carbocycles. The van der Waals surface area contributed by atoms with Gasteiger partial charge in [0.1, 0.15) is 0 Å². The number of hydrogen-bond donors (Lipinski definition) is 5. The lowest BCUT2D eigenvalue weighted by molar-refractivity contribution is -0.0502. The molecule has 0 radical (unpaired) electrons. The van der Waals surface area contributed by atoms with E-state index in [1.807, 2.05) is 18.7 Å². The highest BCUT2D eigenvalue weighted by Gasteiger charge is 2.45. The lowest BCUT2D eigenvalue weighted by Crippen LogP contribution is -2.50. The molecule has 186 valence electrons. The van der Waals surface area contributed by atoms with Crippen molar-refractivity contribution in [3.63, 3.8) is 0 Å². The first-order chi connectivity index (χ1) is 16.2. The van der Waals surface area contributed by atoms with E-state index in [-0.39, 0.29) is 23.8 Å². The van der Waals surface area contributed by atoms with Crippen molar-refractivity contribution in [3.05, 3.63) is 17.6 Å². The molecule has 0 amide bonds. The van der Waals surface area contributed by atoms with Gasteiger partial charge < -0.3 is 25.7 Å². The molecule has 2 bridgehead atoms. The van der Waals surface area contributed by atoms with E-state index in [1.54, 1.807) is 6.07 Å². The molecule has 1 saturated heterocycles. The molecular formula is C24H36FN7O2. The molecule has 34 heavy (non-hydrogen) atoms. The second-order valence-electron chi connectivity index (χ2n) is 11.0. The normalized spacial score (nSPS) is 32.0. The Morgan fingerprint density at radius 1 is 1.21 bits per heavy atom. The van der Waals surface area contributed by atoms with Gasteiger partial charge in [0.05, 0.1) is 11.7 Å². The van der Waals surface area contributed by atoms with Crippen molar-refractivity contribution in [2.24, 2.45) is 17.8 Å². The van der Waals surface area contributed by atoms with Gasteiger partial charge in [0.15, 0.2) is 17.5 Å². The first-order valence-corrected chi connectivity index (χ1v) is 12.5. The lowest BCUT2D eigenvalue weighted by Gasteiger charge is -2.49. The molecule has 3 aliphatic rings. The van der Waals surface area contributed by atoms with Crippen LogP contribution in [-0.2, 0) is 0 Å². The molecular weight excluding hydrogens is 437 g/mol. The molecule has 3 heterocycles. The van der Waals surface area contributed by atoms with E-state index < -0.39 is 11.4 Å². The molecule has 2 aromatic heterocycles. The number of nitrogens with zero attached hydrogens (tertiary/aromatic N) is 4. The monoisotopic (exact) mass is 473 g/mol. The fourth-order valence-corrected chi connectivity index (χ4v) is 6.34. The summed E-state index contributed by atoms with van der Waals surface area (Å²) in [6.07, 6.45) is 4.50. The molecule has 5 atom stereocenters. The summed E-state index contributed by atoms with van der Waals surface area (Å²) in [7, 11) is 0. The number of rotatable bonds is 5. The molecule has 9 nitrogen and oxygen atoms in total. The summed E-state index contributed by atoms with van der Waals surface area (Å²) in [5, 5.41) is 34.2. The van der Waals surface area contributed by atoms with E-state index in [0.29, 0.717) is 55.5 Å². The molecule has 5 rings (SSSR count). The Morgan fingerprint density at radius 3 is 2.68 bits per heavy atom. The Kier molecular flexibility index (Phi) is 6.14. The van der Waals surface area contributed by atoms with E-state index in [9.17, 15) is 10.2 Å². The van der Waals surface area contributed by atoms with Crippen LogP contribution in [-0.4, -0.2) is 61.2 Å². The summed E-state index contributed by atoms with van der Waals surface area (Å²) in [6, 6.07) is 1.89. The predicted molar refractivity (Wildman–Crippen MR) is 129 cm³/mol. The molecule has 10 heteroatoms. The van der Waals surface area contributed by atoms with Gasteiger partial charge in [-0.1, -0.05) is 6.92 Å². The van der Waals surface area contributed by atoms with Gasteiger partial charge in [0.25, 0.3) is 0 Å². The molecule has 0 spiro atoms. The fourth-order valence-electron chi connectivity index (χ4n) is 6.34. The third-order valence-electron chi connectivity index (χ3n) is 7.74. The minimum Gasteiger partial charge on any atom is -0.393 e. The van der Waals surface area contributed by atoms with Crippen molar-refractivity contribution in [2.45, 2.75) is 77.0 Å². The summed E-state index contributed by atoms with van der Waals surface area (Å²) in [6.45, 7) is 7.11. The Hall–Kier alpha value is -2.46. The zero-order valence-electron chi connectivity index (χ0n) is 20.2. The van der Waals surface area contributed by atoms with Crippen LogP contribution in [0.25, 0.3) is 0 Å². The Bertz CT molecular complexity index is 1020. The smallest absolute Gasteiger partial charge is 0.227 e. The highest BCUT2D eigenvalue weighted by Crippen LogP contribution is 2.47. The number of anilines is 4. The average molecular weight is 474 g/mol. The maximum absolute atomic E-state index is 15.6. The van der Waals surface area contributed by atoms with Crippen LogP contribution in [0.4, 0.5) is 27.8 Å². The third kappa shape index (κ3) is 4.84. The maximum atomic E-state index is 15.6. The minimum absolute atomic E-state index is 0.0714. The number of halogens is 1. The highest BCUT2D eigenvalue weighted by molar-refractivity contribution is 5.61. The first-order valence-electron chi connectivity index (χ1n) is 12.5. The number of aromatic amines is 1. The second-order valence-corrected chi connectivity index (χ2v) is 11.0. The van der Waals surface area contributed by atoms with Gasteiger partial charge in [0.2, 0.25) is 11.8 Å². The van der Waals surface area contributed by atoms with Crippen molar-refractivity contribution < 1.29 is 14.6 Å². The summed E-state index contributed by atoms with van der Waals surface area (Å²) in [5.41, 5.74) is 0.206. The zero-order valence-corrected chi connectivity index (χ0v) is 20.2. The molecule has 2 aliphatic carbocycles. The predicted octanol–water partition coefficient (Wildman–Crippen LogP) is 3.34. The van der Waals surface area contributed by atoms with Crippen LogP contribution < -0.4 is 15.5 Å². The number of piperidine rings is 1. The number of aromatic nitrogens is 4. The topological polar surface area (TPSA) is 122 Å². The van der Waals surface area contributed by atoms with Crippen LogP contribution in [0, 0.1) is 30.5 Å². The summed E-state index contributed by atoms with van der Waals surface area (Å²) in [5.74, 6) is 1.87. The van der Waals surface area contributed by atoms with Gasteiger partial charge in [-0.05, 0) is 70.1 Å². The zero-order chi connectivity index (χ0) is 24.0. The van der Waals surface area contributed by atoms with E-state index in [4.69, 9.17) is 0 Å². The molecule has 2 saturated carbocycles. The SMILES string of the molecule is Cc1cc(Nc2nc(NC3C(C)CC4CC3CC(C)(O)C4)nc(N3CCC(O)CC3)c2F)n[nH]1. The van der Waals surface area contributed by atoms with Crippen LogP contribution in [0.15, 0.2) is 6.07 Å². The van der Waals surface area contributed by atoms with Crippen molar-refractivity contribution in [1.29, 1.82) is 0 Å². The number of nitrogens with one attached hydrogen (secondary N) is 3. The van der Waals surface area contributed by atoms with Crippen LogP contribution >= 0.6 is 0 Å². The van der Waals surface area contributed by atoms with Crippen LogP contribution in [0.3, 0.4) is 0 Å². The van der Waals surface area contributed by atoms with Gasteiger partial charge in [-0.15, -0.1) is 0 Å². The third-order valence-corrected chi connectivity index (χ3v) is 7.74.